The van der Waals surface area contributed by atoms with Crippen molar-refractivity contribution in [3.63, 3.8) is 0 Å². The minimum absolute atomic E-state index is 0.330. The van der Waals surface area contributed by atoms with Gasteiger partial charge >= 0.3 is 5.97 Å². The minimum atomic E-state index is -1.01. The van der Waals surface area contributed by atoms with Crippen molar-refractivity contribution in [2.75, 3.05) is 11.9 Å². The van der Waals surface area contributed by atoms with Crippen molar-refractivity contribution in [3.05, 3.63) is 59.7 Å². The van der Waals surface area contributed by atoms with Crippen molar-refractivity contribution < 1.29 is 27.8 Å². The van der Waals surface area contributed by atoms with Crippen molar-refractivity contribution >= 4 is 17.6 Å². The van der Waals surface area contributed by atoms with Crippen molar-refractivity contribution in [3.8, 4) is 5.75 Å². The van der Waals surface area contributed by atoms with Crippen LogP contribution in [0, 0.1) is 11.6 Å². The predicted molar refractivity (Wildman–Crippen MR) is 96.7 cm³/mol. The van der Waals surface area contributed by atoms with Gasteiger partial charge < -0.3 is 14.8 Å². The number of carbonyl (C=O) groups excluding carboxylic acids is 2. The standard InChI is InChI=1S/C20H21F2NO4/c1-3-4-12-26-20(25)14-8-10-15(11-9-14)27-13(2)19(24)23-18-16(21)6-5-7-17(18)22/h5-11,13H,3-4,12H2,1-2H3,(H,23,24)/t13-/m0/s1. The van der Waals surface area contributed by atoms with Crippen LogP contribution in [0.4, 0.5) is 14.5 Å². The molecule has 2 aromatic rings. The molecule has 0 fully saturated rings. The molecule has 2 rings (SSSR count). The minimum Gasteiger partial charge on any atom is -0.481 e. The third-order valence-electron chi connectivity index (χ3n) is 3.71. The smallest absolute Gasteiger partial charge is 0.338 e. The molecule has 144 valence electrons. The van der Waals surface area contributed by atoms with Gasteiger partial charge in [0.1, 0.15) is 23.1 Å². The number of hydrogen-bond acceptors (Lipinski definition) is 4. The fourth-order valence-corrected chi connectivity index (χ4v) is 2.16. The van der Waals surface area contributed by atoms with Gasteiger partial charge in [0.15, 0.2) is 6.10 Å². The molecule has 0 unspecified atom stereocenters. The fraction of sp³-hybridized carbons (Fsp3) is 0.300. The third-order valence-corrected chi connectivity index (χ3v) is 3.71. The molecule has 0 aliphatic carbocycles. The van der Waals surface area contributed by atoms with E-state index in [9.17, 15) is 18.4 Å². The number of esters is 1. The predicted octanol–water partition coefficient (Wildman–Crippen LogP) is 4.33. The van der Waals surface area contributed by atoms with E-state index in [0.29, 0.717) is 17.9 Å². The van der Waals surface area contributed by atoms with Gasteiger partial charge in [-0.05, 0) is 49.7 Å². The summed E-state index contributed by atoms with van der Waals surface area (Å²) < 4.78 is 37.7. The van der Waals surface area contributed by atoms with Gasteiger partial charge in [0.05, 0.1) is 12.2 Å². The van der Waals surface area contributed by atoms with E-state index < -0.39 is 35.3 Å². The number of halogens is 2. The van der Waals surface area contributed by atoms with E-state index in [-0.39, 0.29) is 0 Å². The largest absolute Gasteiger partial charge is 0.481 e. The van der Waals surface area contributed by atoms with Gasteiger partial charge in [-0.1, -0.05) is 19.4 Å². The van der Waals surface area contributed by atoms with Gasteiger partial charge in [0.25, 0.3) is 5.91 Å². The van der Waals surface area contributed by atoms with E-state index in [4.69, 9.17) is 9.47 Å². The fourth-order valence-electron chi connectivity index (χ4n) is 2.16. The summed E-state index contributed by atoms with van der Waals surface area (Å²) in [6, 6.07) is 9.36. The molecule has 0 bridgehead atoms. The Bertz CT molecular complexity index is 773. The van der Waals surface area contributed by atoms with Crippen molar-refractivity contribution in [1.29, 1.82) is 0 Å². The molecular weight excluding hydrogens is 356 g/mol. The molecular formula is C20H21F2NO4. The number of ether oxygens (including phenoxy) is 2. The maximum Gasteiger partial charge on any atom is 0.338 e. The molecule has 0 aliphatic rings. The first-order valence-electron chi connectivity index (χ1n) is 8.61. The molecule has 0 aliphatic heterocycles. The third kappa shape index (κ3) is 5.77. The first-order chi connectivity index (χ1) is 12.9. The average molecular weight is 377 g/mol. The lowest BCUT2D eigenvalue weighted by Crippen LogP contribution is -2.30. The first kappa shape index (κ1) is 20.4. The van der Waals surface area contributed by atoms with Crippen LogP contribution in [-0.4, -0.2) is 24.6 Å². The van der Waals surface area contributed by atoms with Gasteiger partial charge in [-0.25, -0.2) is 13.6 Å². The number of benzene rings is 2. The monoisotopic (exact) mass is 377 g/mol. The Morgan fingerprint density at radius 1 is 1.07 bits per heavy atom. The summed E-state index contributed by atoms with van der Waals surface area (Å²) in [5.74, 6) is -2.56. The number of nitrogens with one attached hydrogen (secondary N) is 1. The molecule has 0 heterocycles. The number of hydrogen-bond donors (Lipinski definition) is 1. The summed E-state index contributed by atoms with van der Waals surface area (Å²) in [5.41, 5.74) is -0.160. The van der Waals surface area contributed by atoms with Crippen molar-refractivity contribution in [1.82, 2.24) is 0 Å². The number of anilines is 1. The molecule has 1 N–H and O–H groups in total. The maximum absolute atomic E-state index is 13.6. The van der Waals surface area contributed by atoms with Crippen LogP contribution in [-0.2, 0) is 9.53 Å². The lowest BCUT2D eigenvalue weighted by Gasteiger charge is -2.15. The van der Waals surface area contributed by atoms with Gasteiger partial charge in [0.2, 0.25) is 0 Å². The Balaban J connectivity index is 1.94. The molecule has 0 aromatic heterocycles. The number of amides is 1. The first-order valence-corrected chi connectivity index (χ1v) is 8.61. The van der Waals surface area contributed by atoms with E-state index >= 15 is 0 Å². The molecule has 1 atom stereocenters. The highest BCUT2D eigenvalue weighted by Gasteiger charge is 2.19. The normalized spacial score (nSPS) is 11.6. The Hall–Kier alpha value is -2.96. The molecule has 5 nitrogen and oxygen atoms in total. The summed E-state index contributed by atoms with van der Waals surface area (Å²) in [7, 11) is 0. The van der Waals surface area contributed by atoms with Crippen molar-refractivity contribution in [2.45, 2.75) is 32.8 Å². The molecule has 27 heavy (non-hydrogen) atoms. The highest BCUT2D eigenvalue weighted by atomic mass is 19.1. The summed E-state index contributed by atoms with van der Waals surface area (Å²) >= 11 is 0. The number of para-hydroxylation sites is 1. The molecule has 0 saturated heterocycles. The quantitative estimate of drug-likeness (QED) is 0.549. The van der Waals surface area contributed by atoms with Gasteiger partial charge in [0, 0.05) is 0 Å². The van der Waals surface area contributed by atoms with Gasteiger partial charge in [-0.2, -0.15) is 0 Å². The zero-order valence-electron chi connectivity index (χ0n) is 15.1. The van der Waals surface area contributed by atoms with Crippen LogP contribution >= 0.6 is 0 Å². The molecule has 0 saturated carbocycles. The van der Waals surface area contributed by atoms with Crippen molar-refractivity contribution in [2.24, 2.45) is 0 Å². The van der Waals surface area contributed by atoms with Crippen LogP contribution in [0.15, 0.2) is 42.5 Å². The van der Waals surface area contributed by atoms with E-state index in [2.05, 4.69) is 5.32 Å². The second kappa shape index (κ2) is 9.66. The highest BCUT2D eigenvalue weighted by molar-refractivity contribution is 5.94. The van der Waals surface area contributed by atoms with E-state index in [1.165, 1.54) is 37.3 Å². The number of rotatable bonds is 8. The van der Waals surface area contributed by atoms with E-state index in [0.717, 1.165) is 25.0 Å². The molecule has 1 amide bonds. The summed E-state index contributed by atoms with van der Waals surface area (Å²) in [6.45, 7) is 3.80. The Morgan fingerprint density at radius 2 is 1.70 bits per heavy atom. The molecule has 7 heteroatoms. The zero-order valence-corrected chi connectivity index (χ0v) is 15.1. The Labute approximate surface area is 156 Å². The molecule has 0 spiro atoms. The number of carbonyl (C=O) groups is 2. The van der Waals surface area contributed by atoms with Gasteiger partial charge in [-0.3, -0.25) is 4.79 Å². The van der Waals surface area contributed by atoms with Crippen LogP contribution < -0.4 is 10.1 Å². The van der Waals surface area contributed by atoms with E-state index in [1.807, 2.05) is 6.92 Å². The Morgan fingerprint density at radius 3 is 2.30 bits per heavy atom. The maximum atomic E-state index is 13.6. The summed E-state index contributed by atoms with van der Waals surface area (Å²) in [5, 5.41) is 2.17. The topological polar surface area (TPSA) is 64.6 Å². The average Bonchev–Trinajstić information content (AvgIpc) is 2.65. The van der Waals surface area contributed by atoms with E-state index in [1.54, 1.807) is 0 Å². The second-order valence-corrected chi connectivity index (χ2v) is 5.86. The molecule has 2 aromatic carbocycles. The molecule has 0 radical (unpaired) electrons. The second-order valence-electron chi connectivity index (χ2n) is 5.86. The summed E-state index contributed by atoms with van der Waals surface area (Å²) in [6.07, 6.45) is 0.713. The SMILES string of the molecule is CCCCOC(=O)c1ccc(O[C@@H](C)C(=O)Nc2c(F)cccc2F)cc1. The lowest BCUT2D eigenvalue weighted by molar-refractivity contribution is -0.122. The van der Waals surface area contributed by atoms with Crippen LogP contribution in [0.25, 0.3) is 0 Å². The number of unbranched alkanes of at least 4 members (excludes halogenated alkanes) is 1. The van der Waals surface area contributed by atoms with Crippen LogP contribution in [0.1, 0.15) is 37.0 Å². The Kier molecular flexibility index (Phi) is 7.28. The highest BCUT2D eigenvalue weighted by Crippen LogP contribution is 2.19. The van der Waals surface area contributed by atoms with Crippen LogP contribution in [0.2, 0.25) is 0 Å². The van der Waals surface area contributed by atoms with Gasteiger partial charge in [-0.15, -0.1) is 0 Å². The van der Waals surface area contributed by atoms with Crippen LogP contribution in [0.5, 0.6) is 5.75 Å². The summed E-state index contributed by atoms with van der Waals surface area (Å²) in [4.78, 5) is 23.9. The van der Waals surface area contributed by atoms with Crippen LogP contribution in [0.3, 0.4) is 0 Å². The zero-order chi connectivity index (χ0) is 19.8. The lowest BCUT2D eigenvalue weighted by atomic mass is 10.2.